The van der Waals surface area contributed by atoms with Crippen molar-refractivity contribution in [2.75, 3.05) is 43.1 Å². The first kappa shape index (κ1) is 23.1. The fourth-order valence-corrected chi connectivity index (χ4v) is 4.41. The number of amides is 1. The van der Waals surface area contributed by atoms with E-state index in [0.29, 0.717) is 43.0 Å². The monoisotopic (exact) mass is 467 g/mol. The molecule has 4 rings (SSSR count). The summed E-state index contributed by atoms with van der Waals surface area (Å²) in [4.78, 5) is 15.2. The van der Waals surface area contributed by atoms with Gasteiger partial charge in [-0.1, -0.05) is 54.2 Å². The van der Waals surface area contributed by atoms with Crippen LogP contribution in [0.1, 0.15) is 19.4 Å². The summed E-state index contributed by atoms with van der Waals surface area (Å²) in [5.41, 5.74) is 1.81. The maximum Gasteiger partial charge on any atom is 0.237 e. The Morgan fingerprint density at radius 1 is 1.12 bits per heavy atom. The maximum atomic E-state index is 13.0. The minimum Gasteiger partial charge on any atom is -0.492 e. The van der Waals surface area contributed by atoms with Crippen molar-refractivity contribution in [1.82, 2.24) is 14.8 Å². The number of ether oxygens (including phenoxy) is 2. The Hall–Kier alpha value is -3.04. The molecule has 1 amide bonds. The van der Waals surface area contributed by atoms with Crippen molar-refractivity contribution in [1.29, 1.82) is 0 Å². The van der Waals surface area contributed by atoms with Crippen LogP contribution in [0.25, 0.3) is 0 Å². The molecular weight excluding hydrogens is 438 g/mol. The van der Waals surface area contributed by atoms with Crippen molar-refractivity contribution in [3.05, 3.63) is 60.2 Å². The minimum absolute atomic E-state index is 0.116. The van der Waals surface area contributed by atoms with E-state index in [4.69, 9.17) is 9.47 Å². The van der Waals surface area contributed by atoms with E-state index in [1.165, 1.54) is 11.8 Å². The predicted octanol–water partition coefficient (Wildman–Crippen LogP) is 3.68. The summed E-state index contributed by atoms with van der Waals surface area (Å²) in [6.45, 7) is 7.82. The Balaban J connectivity index is 1.53. The number of nitrogens with zero attached hydrogens (tertiary/aromatic N) is 4. The first-order valence-electron chi connectivity index (χ1n) is 11.1. The molecule has 1 unspecified atom stereocenters. The van der Waals surface area contributed by atoms with Gasteiger partial charge in [-0.05, 0) is 31.5 Å². The summed E-state index contributed by atoms with van der Waals surface area (Å²) < 4.78 is 13.2. The van der Waals surface area contributed by atoms with Gasteiger partial charge in [-0.15, -0.1) is 10.2 Å². The summed E-state index contributed by atoms with van der Waals surface area (Å²) in [5, 5.41) is 12.3. The second-order valence-corrected chi connectivity index (χ2v) is 8.94. The zero-order valence-electron chi connectivity index (χ0n) is 18.9. The third-order valence-corrected chi connectivity index (χ3v) is 6.35. The highest BCUT2D eigenvalue weighted by Crippen LogP contribution is 2.29. The van der Waals surface area contributed by atoms with Crippen LogP contribution >= 0.6 is 11.8 Å². The number of aromatic nitrogens is 3. The molecule has 33 heavy (non-hydrogen) atoms. The van der Waals surface area contributed by atoms with E-state index < -0.39 is 0 Å². The van der Waals surface area contributed by atoms with Gasteiger partial charge in [0, 0.05) is 13.1 Å². The summed E-state index contributed by atoms with van der Waals surface area (Å²) in [7, 11) is 0. The highest BCUT2D eigenvalue weighted by molar-refractivity contribution is 8.00. The number of morpholine rings is 1. The topological polar surface area (TPSA) is 81.5 Å². The number of rotatable bonds is 9. The molecule has 1 fully saturated rings. The van der Waals surface area contributed by atoms with Crippen LogP contribution in [-0.2, 0) is 16.1 Å². The third-order valence-electron chi connectivity index (χ3n) is 5.27. The first-order chi connectivity index (χ1) is 16.2. The lowest BCUT2D eigenvalue weighted by molar-refractivity contribution is -0.115. The smallest absolute Gasteiger partial charge is 0.237 e. The minimum atomic E-state index is -0.379. The van der Waals surface area contributed by atoms with Gasteiger partial charge in [-0.25, -0.2) is 0 Å². The van der Waals surface area contributed by atoms with Crippen LogP contribution in [0.2, 0.25) is 0 Å². The van der Waals surface area contributed by atoms with Gasteiger partial charge >= 0.3 is 0 Å². The summed E-state index contributed by atoms with van der Waals surface area (Å²) in [5.74, 6) is 1.35. The molecule has 1 atom stereocenters. The van der Waals surface area contributed by atoms with E-state index in [2.05, 4.69) is 37.1 Å². The van der Waals surface area contributed by atoms with Gasteiger partial charge in [0.1, 0.15) is 5.75 Å². The van der Waals surface area contributed by atoms with Crippen molar-refractivity contribution in [2.24, 2.45) is 0 Å². The number of hydrogen-bond donors (Lipinski definition) is 1. The predicted molar refractivity (Wildman–Crippen MR) is 130 cm³/mol. The summed E-state index contributed by atoms with van der Waals surface area (Å²) in [6.07, 6.45) is 0. The molecule has 9 heteroatoms. The molecule has 1 saturated heterocycles. The number of benzene rings is 2. The average Bonchev–Trinajstić information content (AvgIpc) is 3.23. The number of nitrogens with one attached hydrogen (secondary N) is 1. The zero-order chi connectivity index (χ0) is 23.0. The Bertz CT molecular complexity index is 1050. The van der Waals surface area contributed by atoms with Gasteiger partial charge in [-0.2, -0.15) is 0 Å². The number of para-hydroxylation sites is 2. The van der Waals surface area contributed by atoms with E-state index in [0.717, 1.165) is 24.6 Å². The molecule has 1 aliphatic heterocycles. The van der Waals surface area contributed by atoms with Crippen molar-refractivity contribution in [2.45, 2.75) is 30.8 Å². The van der Waals surface area contributed by atoms with Gasteiger partial charge < -0.3 is 19.7 Å². The Kier molecular flexibility index (Phi) is 7.85. The fraction of sp³-hybridized carbons (Fsp3) is 0.375. The fourth-order valence-electron chi connectivity index (χ4n) is 3.57. The standard InChI is InChI=1S/C24H29N5O3S/c1-3-32-21-12-8-7-11-20(21)25-22(30)18(2)33-24-27-26-23(28-13-15-31-16-14-28)29(24)17-19-9-5-4-6-10-19/h4-12,18H,3,13-17H2,1-2H3,(H,25,30). The molecule has 1 N–H and O–H groups in total. The van der Waals surface area contributed by atoms with E-state index in [-0.39, 0.29) is 11.2 Å². The van der Waals surface area contributed by atoms with Crippen LogP contribution in [0.3, 0.4) is 0 Å². The lowest BCUT2D eigenvalue weighted by Gasteiger charge is -2.28. The number of carbonyl (C=O) groups is 1. The molecule has 174 valence electrons. The van der Waals surface area contributed by atoms with Gasteiger partial charge in [0.25, 0.3) is 0 Å². The molecule has 0 bridgehead atoms. The maximum absolute atomic E-state index is 13.0. The van der Waals surface area contributed by atoms with Crippen LogP contribution in [0.5, 0.6) is 5.75 Å². The number of carbonyl (C=O) groups excluding carboxylic acids is 1. The van der Waals surface area contributed by atoms with Gasteiger partial charge in [0.15, 0.2) is 5.16 Å². The lowest BCUT2D eigenvalue weighted by Crippen LogP contribution is -2.38. The molecule has 2 heterocycles. The van der Waals surface area contributed by atoms with Crippen molar-refractivity contribution in [3.63, 3.8) is 0 Å². The molecular formula is C24H29N5O3S. The molecule has 8 nitrogen and oxygen atoms in total. The molecule has 0 radical (unpaired) electrons. The normalized spacial score (nSPS) is 14.7. The first-order valence-corrected chi connectivity index (χ1v) is 12.0. The summed E-state index contributed by atoms with van der Waals surface area (Å²) in [6, 6.07) is 17.7. The Morgan fingerprint density at radius 3 is 2.61 bits per heavy atom. The molecule has 1 aliphatic rings. The van der Waals surface area contributed by atoms with Crippen molar-refractivity contribution in [3.8, 4) is 5.75 Å². The van der Waals surface area contributed by atoms with Crippen molar-refractivity contribution < 1.29 is 14.3 Å². The van der Waals surface area contributed by atoms with E-state index in [9.17, 15) is 4.79 Å². The molecule has 0 aliphatic carbocycles. The third kappa shape index (κ3) is 5.85. The number of hydrogen-bond acceptors (Lipinski definition) is 7. The number of thioether (sulfide) groups is 1. The van der Waals surface area contributed by atoms with Crippen LogP contribution in [0.4, 0.5) is 11.6 Å². The highest BCUT2D eigenvalue weighted by Gasteiger charge is 2.24. The van der Waals surface area contributed by atoms with Gasteiger partial charge in [0.2, 0.25) is 11.9 Å². The van der Waals surface area contributed by atoms with Crippen LogP contribution in [0, 0.1) is 0 Å². The second kappa shape index (κ2) is 11.2. The second-order valence-electron chi connectivity index (χ2n) is 7.63. The van der Waals surface area contributed by atoms with Gasteiger partial charge in [-0.3, -0.25) is 9.36 Å². The van der Waals surface area contributed by atoms with Crippen LogP contribution < -0.4 is 15.0 Å². The molecule has 0 spiro atoms. The van der Waals surface area contributed by atoms with Crippen LogP contribution in [-0.4, -0.2) is 58.8 Å². The lowest BCUT2D eigenvalue weighted by atomic mass is 10.2. The quantitative estimate of drug-likeness (QED) is 0.481. The Labute approximate surface area is 198 Å². The zero-order valence-corrected chi connectivity index (χ0v) is 19.8. The number of anilines is 2. The largest absolute Gasteiger partial charge is 0.492 e. The average molecular weight is 468 g/mol. The molecule has 0 saturated carbocycles. The van der Waals surface area contributed by atoms with E-state index in [1.54, 1.807) is 0 Å². The summed E-state index contributed by atoms with van der Waals surface area (Å²) >= 11 is 1.40. The van der Waals surface area contributed by atoms with E-state index >= 15 is 0 Å². The molecule has 1 aromatic heterocycles. The highest BCUT2D eigenvalue weighted by atomic mass is 32.2. The molecule has 2 aromatic carbocycles. The SMILES string of the molecule is CCOc1ccccc1NC(=O)C(C)Sc1nnc(N2CCOCC2)n1Cc1ccccc1. The van der Waals surface area contributed by atoms with Crippen molar-refractivity contribution >= 4 is 29.3 Å². The van der Waals surface area contributed by atoms with E-state index in [1.807, 2.05) is 56.3 Å². The van der Waals surface area contributed by atoms with Gasteiger partial charge in [0.05, 0.1) is 37.3 Å². The van der Waals surface area contributed by atoms with Crippen LogP contribution in [0.15, 0.2) is 59.8 Å². The molecule has 3 aromatic rings. The Morgan fingerprint density at radius 2 is 1.85 bits per heavy atom.